The van der Waals surface area contributed by atoms with Gasteiger partial charge in [0, 0.05) is 19.1 Å². The summed E-state index contributed by atoms with van der Waals surface area (Å²) in [7, 11) is 1.58. The molecule has 1 heterocycles. The van der Waals surface area contributed by atoms with Gasteiger partial charge in [0.25, 0.3) is 0 Å². The molecule has 1 fully saturated rings. The van der Waals surface area contributed by atoms with Crippen molar-refractivity contribution in [1.29, 1.82) is 0 Å². The molecule has 0 aromatic heterocycles. The molecule has 2 rings (SSSR count). The Balaban J connectivity index is 2.27. The van der Waals surface area contributed by atoms with Gasteiger partial charge in [-0.05, 0) is 31.0 Å². The molecule has 104 valence electrons. The van der Waals surface area contributed by atoms with E-state index in [1.54, 1.807) is 12.0 Å². The molecule has 1 saturated heterocycles. The van der Waals surface area contributed by atoms with Crippen molar-refractivity contribution in [1.82, 2.24) is 0 Å². The number of carbonyl (C=O) groups is 1. The zero-order chi connectivity index (χ0) is 13.8. The van der Waals surface area contributed by atoms with Crippen molar-refractivity contribution in [2.45, 2.75) is 13.3 Å². The van der Waals surface area contributed by atoms with E-state index in [2.05, 4.69) is 0 Å². The molecule has 0 aliphatic carbocycles. The SMILES string of the molecule is COc1ccc(C)cc1N1CC(CCO)COC1=O. The van der Waals surface area contributed by atoms with Gasteiger partial charge < -0.3 is 14.6 Å². The summed E-state index contributed by atoms with van der Waals surface area (Å²) in [5.41, 5.74) is 1.77. The number of aliphatic hydroxyl groups is 1. The van der Waals surface area contributed by atoms with Gasteiger partial charge in [-0.25, -0.2) is 4.79 Å². The molecule has 1 unspecified atom stereocenters. The molecular formula is C14H19NO4. The number of hydrogen-bond acceptors (Lipinski definition) is 4. The molecule has 0 saturated carbocycles. The highest BCUT2D eigenvalue weighted by molar-refractivity contribution is 5.90. The molecule has 0 radical (unpaired) electrons. The van der Waals surface area contributed by atoms with Crippen LogP contribution in [-0.4, -0.2) is 38.1 Å². The van der Waals surface area contributed by atoms with Gasteiger partial charge in [-0.1, -0.05) is 6.07 Å². The highest BCUT2D eigenvalue weighted by Crippen LogP contribution is 2.32. The molecule has 5 nitrogen and oxygen atoms in total. The summed E-state index contributed by atoms with van der Waals surface area (Å²) in [4.78, 5) is 13.5. The Labute approximate surface area is 112 Å². The predicted molar refractivity (Wildman–Crippen MR) is 71.6 cm³/mol. The maximum Gasteiger partial charge on any atom is 0.414 e. The first-order chi connectivity index (χ1) is 9.15. The van der Waals surface area contributed by atoms with Crippen molar-refractivity contribution in [3.63, 3.8) is 0 Å². The lowest BCUT2D eigenvalue weighted by Gasteiger charge is -2.32. The number of benzene rings is 1. The fourth-order valence-electron chi connectivity index (χ4n) is 2.22. The number of aryl methyl sites for hydroxylation is 1. The number of anilines is 1. The van der Waals surface area contributed by atoms with Crippen molar-refractivity contribution in [3.05, 3.63) is 23.8 Å². The summed E-state index contributed by atoms with van der Waals surface area (Å²) in [5, 5.41) is 9.00. The quantitative estimate of drug-likeness (QED) is 0.904. The van der Waals surface area contributed by atoms with E-state index in [0.717, 1.165) is 11.3 Å². The molecule has 1 N–H and O–H groups in total. The van der Waals surface area contributed by atoms with Crippen molar-refractivity contribution < 1.29 is 19.4 Å². The molecule has 0 spiro atoms. The van der Waals surface area contributed by atoms with Crippen LogP contribution in [0.1, 0.15) is 12.0 Å². The number of amides is 1. The fraction of sp³-hybridized carbons (Fsp3) is 0.500. The number of nitrogens with zero attached hydrogens (tertiary/aromatic N) is 1. The van der Waals surface area contributed by atoms with Gasteiger partial charge >= 0.3 is 6.09 Å². The van der Waals surface area contributed by atoms with Crippen LogP contribution in [-0.2, 0) is 4.74 Å². The molecule has 0 bridgehead atoms. The summed E-state index contributed by atoms with van der Waals surface area (Å²) >= 11 is 0. The van der Waals surface area contributed by atoms with Gasteiger partial charge in [0.1, 0.15) is 5.75 Å². The minimum atomic E-state index is -0.363. The lowest BCUT2D eigenvalue weighted by Crippen LogP contribution is -2.43. The molecule has 1 atom stereocenters. The predicted octanol–water partition coefficient (Wildman–Crippen LogP) is 1.96. The Kier molecular flexibility index (Phi) is 4.27. The van der Waals surface area contributed by atoms with Crippen LogP contribution in [0.5, 0.6) is 5.75 Å². The Bertz CT molecular complexity index is 461. The molecule has 1 amide bonds. The normalized spacial score (nSPS) is 19.2. The molecule has 19 heavy (non-hydrogen) atoms. The number of ether oxygens (including phenoxy) is 2. The van der Waals surface area contributed by atoms with E-state index < -0.39 is 0 Å². The van der Waals surface area contributed by atoms with Crippen LogP contribution in [0, 0.1) is 12.8 Å². The standard InChI is InChI=1S/C14H19NO4/c1-10-3-4-13(18-2)12(7-10)15-8-11(5-6-16)9-19-14(15)17/h3-4,7,11,16H,5-6,8-9H2,1-2H3. The average Bonchev–Trinajstić information content (AvgIpc) is 2.41. The third kappa shape index (κ3) is 2.98. The molecular weight excluding hydrogens is 246 g/mol. The highest BCUT2D eigenvalue weighted by Gasteiger charge is 2.29. The van der Waals surface area contributed by atoms with E-state index in [0.29, 0.717) is 25.3 Å². The molecule has 1 aromatic rings. The number of carbonyl (C=O) groups excluding carboxylic acids is 1. The topological polar surface area (TPSA) is 59.0 Å². The first kappa shape index (κ1) is 13.7. The first-order valence-electron chi connectivity index (χ1n) is 6.35. The number of aliphatic hydroxyl groups excluding tert-OH is 1. The van der Waals surface area contributed by atoms with Gasteiger partial charge in [-0.3, -0.25) is 4.90 Å². The monoisotopic (exact) mass is 265 g/mol. The van der Waals surface area contributed by atoms with Gasteiger partial charge in [-0.2, -0.15) is 0 Å². The number of cyclic esters (lactones) is 1. The second kappa shape index (κ2) is 5.93. The number of methoxy groups -OCH3 is 1. The molecule has 1 aliphatic heterocycles. The maximum absolute atomic E-state index is 11.9. The third-order valence-electron chi connectivity index (χ3n) is 3.27. The Morgan fingerprint density at radius 1 is 1.53 bits per heavy atom. The van der Waals surface area contributed by atoms with E-state index in [9.17, 15) is 4.79 Å². The zero-order valence-electron chi connectivity index (χ0n) is 11.3. The molecule has 1 aliphatic rings. The lowest BCUT2D eigenvalue weighted by atomic mass is 10.0. The largest absolute Gasteiger partial charge is 0.495 e. The Morgan fingerprint density at radius 3 is 3.00 bits per heavy atom. The minimum Gasteiger partial charge on any atom is -0.495 e. The van der Waals surface area contributed by atoms with Crippen LogP contribution in [0.3, 0.4) is 0 Å². The van der Waals surface area contributed by atoms with Gasteiger partial charge in [-0.15, -0.1) is 0 Å². The summed E-state index contributed by atoms with van der Waals surface area (Å²) in [5.74, 6) is 0.792. The van der Waals surface area contributed by atoms with Gasteiger partial charge in [0.15, 0.2) is 0 Å². The van der Waals surface area contributed by atoms with Crippen LogP contribution in [0.4, 0.5) is 10.5 Å². The minimum absolute atomic E-state index is 0.0982. The molecule has 5 heteroatoms. The second-order valence-electron chi connectivity index (χ2n) is 4.74. The maximum atomic E-state index is 11.9. The van der Waals surface area contributed by atoms with Crippen LogP contribution >= 0.6 is 0 Å². The van der Waals surface area contributed by atoms with Crippen molar-refractivity contribution in [2.24, 2.45) is 5.92 Å². The van der Waals surface area contributed by atoms with Crippen LogP contribution in [0.15, 0.2) is 18.2 Å². The van der Waals surface area contributed by atoms with E-state index in [1.807, 2.05) is 25.1 Å². The fourth-order valence-corrected chi connectivity index (χ4v) is 2.22. The summed E-state index contributed by atoms with van der Waals surface area (Å²) in [6.07, 6.45) is 0.260. The summed E-state index contributed by atoms with van der Waals surface area (Å²) < 4.78 is 10.5. The highest BCUT2D eigenvalue weighted by atomic mass is 16.6. The van der Waals surface area contributed by atoms with E-state index in [1.165, 1.54) is 0 Å². The van der Waals surface area contributed by atoms with E-state index in [-0.39, 0.29) is 18.6 Å². The molecule has 1 aromatic carbocycles. The van der Waals surface area contributed by atoms with Crippen LogP contribution < -0.4 is 9.64 Å². The lowest BCUT2D eigenvalue weighted by molar-refractivity contribution is 0.104. The third-order valence-corrected chi connectivity index (χ3v) is 3.27. The summed E-state index contributed by atoms with van der Waals surface area (Å²) in [6, 6.07) is 5.68. The summed E-state index contributed by atoms with van der Waals surface area (Å²) in [6.45, 7) is 2.97. The second-order valence-corrected chi connectivity index (χ2v) is 4.74. The van der Waals surface area contributed by atoms with E-state index >= 15 is 0 Å². The smallest absolute Gasteiger partial charge is 0.414 e. The van der Waals surface area contributed by atoms with Gasteiger partial charge in [0.05, 0.1) is 19.4 Å². The van der Waals surface area contributed by atoms with E-state index in [4.69, 9.17) is 14.6 Å². The van der Waals surface area contributed by atoms with Crippen molar-refractivity contribution >= 4 is 11.8 Å². The Hall–Kier alpha value is -1.75. The Morgan fingerprint density at radius 2 is 2.32 bits per heavy atom. The zero-order valence-corrected chi connectivity index (χ0v) is 11.3. The van der Waals surface area contributed by atoms with Gasteiger partial charge in [0.2, 0.25) is 0 Å². The number of rotatable bonds is 4. The van der Waals surface area contributed by atoms with Crippen LogP contribution in [0.25, 0.3) is 0 Å². The van der Waals surface area contributed by atoms with Crippen LogP contribution in [0.2, 0.25) is 0 Å². The first-order valence-corrected chi connectivity index (χ1v) is 6.35. The number of hydrogen-bond donors (Lipinski definition) is 1. The average molecular weight is 265 g/mol. The van der Waals surface area contributed by atoms with Crippen molar-refractivity contribution in [3.8, 4) is 5.75 Å². The van der Waals surface area contributed by atoms with Crippen molar-refractivity contribution in [2.75, 3.05) is 31.8 Å².